The number of amides is 1. The van der Waals surface area contributed by atoms with Crippen molar-refractivity contribution >= 4 is 23.6 Å². The van der Waals surface area contributed by atoms with Gasteiger partial charge in [0.2, 0.25) is 5.91 Å². The van der Waals surface area contributed by atoms with Crippen LogP contribution in [0.25, 0.3) is 0 Å². The van der Waals surface area contributed by atoms with Gasteiger partial charge in [-0.25, -0.2) is 0 Å². The minimum Gasteiger partial charge on any atom is -0.481 e. The van der Waals surface area contributed by atoms with Crippen molar-refractivity contribution in [1.29, 1.82) is 0 Å². The number of hydrogen-bond acceptors (Lipinski definition) is 4. The van der Waals surface area contributed by atoms with Crippen molar-refractivity contribution in [3.8, 4) is 0 Å². The van der Waals surface area contributed by atoms with Gasteiger partial charge in [0.25, 0.3) is 0 Å². The fourth-order valence-electron chi connectivity index (χ4n) is 2.58. The van der Waals surface area contributed by atoms with Gasteiger partial charge < -0.3 is 15.3 Å². The van der Waals surface area contributed by atoms with Crippen LogP contribution in [0.15, 0.2) is 0 Å². The van der Waals surface area contributed by atoms with Gasteiger partial charge in [0.1, 0.15) is 0 Å². The summed E-state index contributed by atoms with van der Waals surface area (Å²) >= 11 is 1.74. The number of carboxylic acids is 1. The van der Waals surface area contributed by atoms with Gasteiger partial charge in [0.05, 0.1) is 18.5 Å². The monoisotopic (exact) mass is 272 g/mol. The van der Waals surface area contributed by atoms with Gasteiger partial charge in [0, 0.05) is 18.1 Å². The van der Waals surface area contributed by atoms with Crippen molar-refractivity contribution in [3.63, 3.8) is 0 Å². The number of nitrogens with zero attached hydrogens (tertiary/aromatic N) is 1. The van der Waals surface area contributed by atoms with Gasteiger partial charge in [-0.1, -0.05) is 6.42 Å². The highest BCUT2D eigenvalue weighted by Gasteiger charge is 2.33. The molecule has 2 aliphatic heterocycles. The Balaban J connectivity index is 1.98. The molecule has 0 spiro atoms. The predicted molar refractivity (Wildman–Crippen MR) is 70.7 cm³/mol. The lowest BCUT2D eigenvalue weighted by Crippen LogP contribution is -2.55. The Hall–Kier alpha value is -0.750. The normalized spacial score (nSPS) is 29.0. The van der Waals surface area contributed by atoms with Gasteiger partial charge in [-0.2, -0.15) is 11.8 Å². The van der Waals surface area contributed by atoms with Crippen molar-refractivity contribution < 1.29 is 14.7 Å². The molecule has 1 unspecified atom stereocenters. The summed E-state index contributed by atoms with van der Waals surface area (Å²) in [5.74, 6) is 0.928. The molecule has 2 N–H and O–H groups in total. The number of rotatable bonds is 3. The average Bonchev–Trinajstić information content (AvgIpc) is 2.39. The SMILES string of the molecule is O=C(O)CC1CSCCN1C(=O)[C@H]1CCCCN1. The number of nitrogens with one attached hydrogen (secondary N) is 1. The minimum absolute atomic E-state index is 0.0610. The summed E-state index contributed by atoms with van der Waals surface area (Å²) < 4.78 is 0. The molecule has 2 aliphatic rings. The first kappa shape index (κ1) is 13.7. The van der Waals surface area contributed by atoms with Crippen LogP contribution in [0.4, 0.5) is 0 Å². The van der Waals surface area contributed by atoms with Crippen molar-refractivity contribution in [2.75, 3.05) is 24.6 Å². The highest BCUT2D eigenvalue weighted by molar-refractivity contribution is 7.99. The van der Waals surface area contributed by atoms with E-state index in [2.05, 4.69) is 5.32 Å². The maximum Gasteiger partial charge on any atom is 0.305 e. The second-order valence-electron chi connectivity index (χ2n) is 4.86. The summed E-state index contributed by atoms with van der Waals surface area (Å²) in [6.45, 7) is 1.57. The van der Waals surface area contributed by atoms with Crippen LogP contribution >= 0.6 is 11.8 Å². The number of carboxylic acid groups (broad SMARTS) is 1. The van der Waals surface area contributed by atoms with Crippen molar-refractivity contribution in [1.82, 2.24) is 10.2 Å². The molecule has 2 rings (SSSR count). The Bertz CT molecular complexity index is 318. The fourth-order valence-corrected chi connectivity index (χ4v) is 3.64. The van der Waals surface area contributed by atoms with E-state index >= 15 is 0 Å². The molecule has 0 bridgehead atoms. The van der Waals surface area contributed by atoms with Crippen LogP contribution in [0, 0.1) is 0 Å². The molecule has 2 fully saturated rings. The van der Waals surface area contributed by atoms with Crippen LogP contribution < -0.4 is 5.32 Å². The lowest BCUT2D eigenvalue weighted by atomic mass is 10.0. The zero-order chi connectivity index (χ0) is 13.0. The molecule has 18 heavy (non-hydrogen) atoms. The second kappa shape index (κ2) is 6.43. The molecule has 2 atom stereocenters. The van der Waals surface area contributed by atoms with E-state index in [1.165, 1.54) is 0 Å². The van der Waals surface area contributed by atoms with E-state index in [-0.39, 0.29) is 24.4 Å². The largest absolute Gasteiger partial charge is 0.481 e. The Morgan fingerprint density at radius 3 is 2.89 bits per heavy atom. The highest BCUT2D eigenvalue weighted by atomic mass is 32.2. The van der Waals surface area contributed by atoms with Crippen LogP contribution in [0.2, 0.25) is 0 Å². The van der Waals surface area contributed by atoms with Gasteiger partial charge in [-0.05, 0) is 19.4 Å². The molecule has 0 aromatic rings. The second-order valence-corrected chi connectivity index (χ2v) is 6.01. The summed E-state index contributed by atoms with van der Waals surface area (Å²) in [5, 5.41) is 12.2. The maximum atomic E-state index is 12.4. The smallest absolute Gasteiger partial charge is 0.305 e. The molecule has 1 amide bonds. The quantitative estimate of drug-likeness (QED) is 0.785. The first-order chi connectivity index (χ1) is 8.68. The van der Waals surface area contributed by atoms with E-state index in [4.69, 9.17) is 5.11 Å². The summed E-state index contributed by atoms with van der Waals surface area (Å²) in [7, 11) is 0. The standard InChI is InChI=1S/C12H20N2O3S/c15-11(16)7-9-8-18-6-5-14(9)12(17)10-3-1-2-4-13-10/h9-10,13H,1-8H2,(H,15,16)/t9?,10-/m1/s1. The molecule has 0 aliphatic carbocycles. The Kier molecular flexibility index (Phi) is 4.88. The molecular formula is C12H20N2O3S. The molecule has 102 valence electrons. The van der Waals surface area contributed by atoms with Gasteiger partial charge >= 0.3 is 5.97 Å². The van der Waals surface area contributed by atoms with Gasteiger partial charge in [0.15, 0.2) is 0 Å². The number of piperidine rings is 1. The van der Waals surface area contributed by atoms with Gasteiger partial charge in [-0.3, -0.25) is 9.59 Å². The van der Waals surface area contributed by atoms with Crippen molar-refractivity contribution in [2.45, 2.75) is 37.8 Å². The Morgan fingerprint density at radius 2 is 2.22 bits per heavy atom. The van der Waals surface area contributed by atoms with Crippen molar-refractivity contribution in [2.24, 2.45) is 0 Å². The lowest BCUT2D eigenvalue weighted by molar-refractivity contribution is -0.141. The van der Waals surface area contributed by atoms with Crippen molar-refractivity contribution in [3.05, 3.63) is 0 Å². The van der Waals surface area contributed by atoms with E-state index in [0.29, 0.717) is 6.54 Å². The number of carbonyl (C=O) groups excluding carboxylic acids is 1. The van der Waals surface area contributed by atoms with Crippen LogP contribution in [0.5, 0.6) is 0 Å². The van der Waals surface area contributed by atoms with E-state index in [1.807, 2.05) is 0 Å². The van der Waals surface area contributed by atoms with Crippen LogP contribution in [-0.4, -0.2) is 58.6 Å². The maximum absolute atomic E-state index is 12.4. The molecule has 0 aromatic carbocycles. The third-order valence-electron chi connectivity index (χ3n) is 3.53. The Labute approximate surface area is 111 Å². The Morgan fingerprint density at radius 1 is 1.39 bits per heavy atom. The summed E-state index contributed by atoms with van der Waals surface area (Å²) in [6, 6.07) is -0.240. The van der Waals surface area contributed by atoms with E-state index < -0.39 is 5.97 Å². The fraction of sp³-hybridized carbons (Fsp3) is 0.833. The third kappa shape index (κ3) is 3.38. The number of aliphatic carboxylic acids is 1. The van der Waals surface area contributed by atoms with Gasteiger partial charge in [-0.15, -0.1) is 0 Å². The zero-order valence-corrected chi connectivity index (χ0v) is 11.2. The van der Waals surface area contributed by atoms with Crippen LogP contribution in [0.3, 0.4) is 0 Å². The molecule has 2 heterocycles. The first-order valence-electron chi connectivity index (χ1n) is 6.52. The predicted octanol–water partition coefficient (Wildman–Crippen LogP) is 0.547. The van der Waals surface area contributed by atoms with E-state index in [1.54, 1.807) is 16.7 Å². The molecule has 2 saturated heterocycles. The first-order valence-corrected chi connectivity index (χ1v) is 7.67. The average molecular weight is 272 g/mol. The third-order valence-corrected chi connectivity index (χ3v) is 4.62. The molecule has 0 radical (unpaired) electrons. The molecule has 5 nitrogen and oxygen atoms in total. The summed E-state index contributed by atoms with van der Waals surface area (Å²) in [6.07, 6.45) is 3.14. The van der Waals surface area contributed by atoms with Crippen LogP contribution in [-0.2, 0) is 9.59 Å². The van der Waals surface area contributed by atoms with E-state index in [9.17, 15) is 9.59 Å². The highest BCUT2D eigenvalue weighted by Crippen LogP contribution is 2.21. The number of carbonyl (C=O) groups is 2. The minimum atomic E-state index is -0.822. The van der Waals surface area contributed by atoms with E-state index in [0.717, 1.165) is 37.3 Å². The zero-order valence-electron chi connectivity index (χ0n) is 10.4. The summed E-state index contributed by atoms with van der Waals surface area (Å²) in [4.78, 5) is 25.0. The molecular weight excluding hydrogens is 252 g/mol. The summed E-state index contributed by atoms with van der Waals surface area (Å²) in [5.41, 5.74) is 0. The number of hydrogen-bond donors (Lipinski definition) is 2. The van der Waals surface area contributed by atoms with Crippen LogP contribution in [0.1, 0.15) is 25.7 Å². The lowest BCUT2D eigenvalue weighted by Gasteiger charge is -2.38. The molecule has 6 heteroatoms. The molecule has 0 saturated carbocycles. The topological polar surface area (TPSA) is 69.6 Å². The number of thioether (sulfide) groups is 1. The molecule has 0 aromatic heterocycles.